The van der Waals surface area contributed by atoms with Crippen LogP contribution in [0.4, 0.5) is 0 Å². The summed E-state index contributed by atoms with van der Waals surface area (Å²) in [4.78, 5) is 18.3. The predicted molar refractivity (Wildman–Crippen MR) is 119 cm³/mol. The molecular weight excluding hydrogens is 434 g/mol. The Morgan fingerprint density at radius 2 is 1.89 bits per heavy atom. The van der Waals surface area contributed by atoms with E-state index in [0.717, 1.165) is 43.1 Å². The molecule has 138 valence electrons. The molecule has 0 atom stereocenters. The van der Waals surface area contributed by atoms with Gasteiger partial charge in [0.1, 0.15) is 0 Å². The molecule has 5 aromatic rings. The Labute approximate surface area is 173 Å². The molecule has 0 bridgehead atoms. The smallest absolute Gasteiger partial charge is 0.274 e. The summed E-state index contributed by atoms with van der Waals surface area (Å²) < 4.78 is 5.65. The summed E-state index contributed by atoms with van der Waals surface area (Å²) in [5, 5.41) is 0. The molecule has 0 N–H and O–H groups in total. The Morgan fingerprint density at radius 1 is 1.07 bits per heavy atom. The van der Waals surface area contributed by atoms with E-state index in [2.05, 4.69) is 57.5 Å². The van der Waals surface area contributed by atoms with E-state index in [1.807, 2.05) is 42.5 Å². The lowest BCUT2D eigenvalue weighted by Gasteiger charge is -2.09. The highest BCUT2D eigenvalue weighted by atomic mass is 79.9. The SMILES string of the molecule is Cc1cc(/C=c2\sc3nc4ccccc4n3c2=O)c(C)n1-c1cccc(Br)c1. The van der Waals surface area contributed by atoms with Crippen molar-refractivity contribution in [3.05, 3.63) is 90.9 Å². The van der Waals surface area contributed by atoms with E-state index < -0.39 is 0 Å². The molecule has 0 spiro atoms. The van der Waals surface area contributed by atoms with Gasteiger partial charge in [-0.05, 0) is 61.9 Å². The van der Waals surface area contributed by atoms with Crippen LogP contribution < -0.4 is 10.1 Å². The monoisotopic (exact) mass is 449 g/mol. The van der Waals surface area contributed by atoms with Crippen LogP contribution >= 0.6 is 27.3 Å². The maximum absolute atomic E-state index is 13.0. The first-order chi connectivity index (χ1) is 13.5. The van der Waals surface area contributed by atoms with E-state index in [0.29, 0.717) is 4.53 Å². The average Bonchev–Trinajstić information content (AvgIpc) is 3.27. The summed E-state index contributed by atoms with van der Waals surface area (Å²) >= 11 is 4.98. The lowest BCUT2D eigenvalue weighted by molar-refractivity contribution is 0.963. The van der Waals surface area contributed by atoms with Crippen LogP contribution in [0.3, 0.4) is 0 Å². The number of thiazole rings is 1. The molecule has 0 aliphatic heterocycles. The van der Waals surface area contributed by atoms with Crippen molar-refractivity contribution in [2.45, 2.75) is 13.8 Å². The number of halogens is 1. The number of nitrogens with zero attached hydrogens (tertiary/aromatic N) is 3. The van der Waals surface area contributed by atoms with Gasteiger partial charge in [-0.25, -0.2) is 9.38 Å². The van der Waals surface area contributed by atoms with Crippen molar-refractivity contribution in [1.29, 1.82) is 0 Å². The van der Waals surface area contributed by atoms with Crippen molar-refractivity contribution in [3.63, 3.8) is 0 Å². The van der Waals surface area contributed by atoms with E-state index in [-0.39, 0.29) is 5.56 Å². The van der Waals surface area contributed by atoms with Crippen molar-refractivity contribution in [1.82, 2.24) is 14.0 Å². The zero-order chi connectivity index (χ0) is 19.4. The number of fused-ring (bicyclic) bond motifs is 3. The van der Waals surface area contributed by atoms with Crippen LogP contribution in [0, 0.1) is 13.8 Å². The molecule has 0 saturated carbocycles. The van der Waals surface area contributed by atoms with Gasteiger partial charge in [-0.15, -0.1) is 0 Å². The second-order valence-corrected chi connectivity index (χ2v) is 8.70. The van der Waals surface area contributed by atoms with E-state index >= 15 is 0 Å². The minimum atomic E-state index is -0.0130. The van der Waals surface area contributed by atoms with Gasteiger partial charge in [0.15, 0.2) is 4.96 Å². The first-order valence-electron chi connectivity index (χ1n) is 8.89. The van der Waals surface area contributed by atoms with E-state index in [4.69, 9.17) is 0 Å². The normalized spacial score (nSPS) is 12.5. The molecule has 4 nitrogen and oxygen atoms in total. The third kappa shape index (κ3) is 2.64. The van der Waals surface area contributed by atoms with E-state index in [9.17, 15) is 4.79 Å². The molecule has 0 unspecified atom stereocenters. The lowest BCUT2D eigenvalue weighted by atomic mass is 10.2. The fourth-order valence-electron chi connectivity index (χ4n) is 3.70. The summed E-state index contributed by atoms with van der Waals surface area (Å²) in [6.07, 6.45) is 1.98. The number of hydrogen-bond donors (Lipinski definition) is 0. The summed E-state index contributed by atoms with van der Waals surface area (Å²) in [6.45, 7) is 4.16. The first-order valence-corrected chi connectivity index (χ1v) is 10.5. The van der Waals surface area contributed by atoms with Gasteiger partial charge in [-0.1, -0.05) is 45.5 Å². The highest BCUT2D eigenvalue weighted by molar-refractivity contribution is 9.10. The van der Waals surface area contributed by atoms with Crippen molar-refractivity contribution in [2.75, 3.05) is 0 Å². The second kappa shape index (κ2) is 6.43. The Kier molecular flexibility index (Phi) is 4.00. The second-order valence-electron chi connectivity index (χ2n) is 6.78. The Hall–Kier alpha value is -2.70. The molecule has 0 fully saturated rings. The van der Waals surface area contributed by atoms with Gasteiger partial charge in [0.2, 0.25) is 0 Å². The van der Waals surface area contributed by atoms with Crippen molar-refractivity contribution < 1.29 is 0 Å². The van der Waals surface area contributed by atoms with Crippen LogP contribution in [0.1, 0.15) is 17.0 Å². The van der Waals surface area contributed by atoms with Crippen LogP contribution in [0.25, 0.3) is 27.8 Å². The number of imidazole rings is 1. The van der Waals surface area contributed by atoms with E-state index in [1.54, 1.807) is 4.40 Å². The third-order valence-corrected chi connectivity index (χ3v) is 6.43. The molecule has 6 heteroatoms. The molecule has 0 amide bonds. The van der Waals surface area contributed by atoms with Crippen LogP contribution in [-0.2, 0) is 0 Å². The number of para-hydroxylation sites is 2. The fourth-order valence-corrected chi connectivity index (χ4v) is 5.06. The Balaban J connectivity index is 1.71. The van der Waals surface area contributed by atoms with E-state index in [1.165, 1.54) is 11.3 Å². The number of hydrogen-bond acceptors (Lipinski definition) is 3. The topological polar surface area (TPSA) is 39.3 Å². The first kappa shape index (κ1) is 17.4. The summed E-state index contributed by atoms with van der Waals surface area (Å²) in [6, 6.07) is 18.1. The molecular formula is C22H16BrN3OS. The maximum atomic E-state index is 13.0. The lowest BCUT2D eigenvalue weighted by Crippen LogP contribution is -2.22. The molecule has 3 aromatic heterocycles. The van der Waals surface area contributed by atoms with Crippen LogP contribution in [0.5, 0.6) is 0 Å². The molecule has 28 heavy (non-hydrogen) atoms. The highest BCUT2D eigenvalue weighted by Crippen LogP contribution is 2.24. The summed E-state index contributed by atoms with van der Waals surface area (Å²) in [5.41, 5.74) is 6.07. The van der Waals surface area contributed by atoms with Crippen LogP contribution in [0.2, 0.25) is 0 Å². The Morgan fingerprint density at radius 3 is 2.71 bits per heavy atom. The molecule has 0 radical (unpaired) electrons. The van der Waals surface area contributed by atoms with Gasteiger partial charge in [-0.2, -0.15) is 0 Å². The number of aromatic nitrogens is 3. The minimum Gasteiger partial charge on any atom is -0.318 e. The van der Waals surface area contributed by atoms with Gasteiger partial charge in [0, 0.05) is 21.5 Å². The maximum Gasteiger partial charge on any atom is 0.274 e. The van der Waals surface area contributed by atoms with Crippen molar-refractivity contribution in [3.8, 4) is 5.69 Å². The summed E-state index contributed by atoms with van der Waals surface area (Å²) in [7, 11) is 0. The van der Waals surface area contributed by atoms with Gasteiger partial charge < -0.3 is 4.57 Å². The van der Waals surface area contributed by atoms with Crippen LogP contribution in [-0.4, -0.2) is 14.0 Å². The fraction of sp³-hybridized carbons (Fsp3) is 0.0909. The molecule has 3 heterocycles. The zero-order valence-corrected chi connectivity index (χ0v) is 17.7. The van der Waals surface area contributed by atoms with Gasteiger partial charge in [0.05, 0.1) is 15.6 Å². The zero-order valence-electron chi connectivity index (χ0n) is 15.3. The van der Waals surface area contributed by atoms with Gasteiger partial charge in [0.25, 0.3) is 5.56 Å². The average molecular weight is 450 g/mol. The molecule has 0 aliphatic rings. The quantitative estimate of drug-likeness (QED) is 0.394. The predicted octanol–water partition coefficient (Wildman–Crippen LogP) is 4.63. The largest absolute Gasteiger partial charge is 0.318 e. The summed E-state index contributed by atoms with van der Waals surface area (Å²) in [5.74, 6) is 0. The minimum absolute atomic E-state index is 0.0130. The Bertz CT molecular complexity index is 1480. The molecule has 2 aromatic carbocycles. The molecule has 5 rings (SSSR count). The standard InChI is InChI=1S/C22H16BrN3OS/c1-13-10-15(14(2)25(13)17-7-5-6-16(23)12-17)11-20-21(27)26-19-9-4-3-8-18(19)24-22(26)28-20/h3-12H,1-2H3/b20-11-. The molecule has 0 aliphatic carbocycles. The third-order valence-electron chi connectivity index (χ3n) is 4.97. The van der Waals surface area contributed by atoms with Crippen LogP contribution in [0.15, 0.2) is 63.9 Å². The van der Waals surface area contributed by atoms with Gasteiger partial charge in [-0.3, -0.25) is 4.79 Å². The highest BCUT2D eigenvalue weighted by Gasteiger charge is 2.13. The van der Waals surface area contributed by atoms with Crippen molar-refractivity contribution >= 4 is 49.3 Å². The number of rotatable bonds is 2. The van der Waals surface area contributed by atoms with Gasteiger partial charge >= 0.3 is 0 Å². The molecule has 0 saturated heterocycles. The number of benzene rings is 2. The van der Waals surface area contributed by atoms with Crippen molar-refractivity contribution in [2.24, 2.45) is 0 Å². The number of aryl methyl sites for hydroxylation is 1.